The minimum atomic E-state index is -3.61. The zero-order valence-electron chi connectivity index (χ0n) is 10.5. The van der Waals surface area contributed by atoms with E-state index in [1.165, 1.54) is 12.1 Å². The quantitative estimate of drug-likeness (QED) is 0.928. The molecule has 1 aliphatic rings. The van der Waals surface area contributed by atoms with Crippen molar-refractivity contribution in [3.05, 3.63) is 64.7 Å². The summed E-state index contributed by atoms with van der Waals surface area (Å²) in [7, 11) is -3.61. The SMILES string of the molecule is O=S(=O)(c1cccc(Cl)c1)C1Cc2ccccc2C1O. The van der Waals surface area contributed by atoms with Gasteiger partial charge in [-0.15, -0.1) is 0 Å². The molecule has 1 aliphatic carbocycles. The summed E-state index contributed by atoms with van der Waals surface area (Å²) in [6, 6.07) is 13.4. The Bertz CT molecular complexity index is 755. The van der Waals surface area contributed by atoms with Crippen molar-refractivity contribution in [2.24, 2.45) is 0 Å². The van der Waals surface area contributed by atoms with Gasteiger partial charge in [0.1, 0.15) is 0 Å². The molecule has 0 aromatic heterocycles. The molecule has 3 nitrogen and oxygen atoms in total. The van der Waals surface area contributed by atoms with Gasteiger partial charge >= 0.3 is 0 Å². The molecule has 3 rings (SSSR count). The standard InChI is InChI=1S/C15H13ClO3S/c16-11-5-3-6-12(9-11)20(18,19)14-8-10-4-1-2-7-13(10)15(14)17/h1-7,9,14-15,17H,8H2. The lowest BCUT2D eigenvalue weighted by molar-refractivity contribution is 0.182. The van der Waals surface area contributed by atoms with Gasteiger partial charge in [-0.1, -0.05) is 41.9 Å². The number of rotatable bonds is 2. The van der Waals surface area contributed by atoms with Crippen LogP contribution in [0.15, 0.2) is 53.4 Å². The van der Waals surface area contributed by atoms with Crippen molar-refractivity contribution in [3.63, 3.8) is 0 Å². The van der Waals surface area contributed by atoms with Gasteiger partial charge in [0, 0.05) is 5.02 Å². The van der Waals surface area contributed by atoms with Crippen molar-refractivity contribution in [2.75, 3.05) is 0 Å². The molecule has 20 heavy (non-hydrogen) atoms. The molecular formula is C15H13ClO3S. The number of aliphatic hydroxyl groups is 1. The minimum Gasteiger partial charge on any atom is -0.387 e. The van der Waals surface area contributed by atoms with Crippen LogP contribution in [-0.2, 0) is 16.3 Å². The van der Waals surface area contributed by atoms with Crippen molar-refractivity contribution in [1.82, 2.24) is 0 Å². The lowest BCUT2D eigenvalue weighted by Gasteiger charge is -2.16. The molecule has 0 fully saturated rings. The Morgan fingerprint density at radius 2 is 1.85 bits per heavy atom. The van der Waals surface area contributed by atoms with E-state index in [4.69, 9.17) is 11.6 Å². The first kappa shape index (κ1) is 13.6. The second-order valence-corrected chi connectivity index (χ2v) is 7.49. The number of sulfone groups is 1. The monoisotopic (exact) mass is 308 g/mol. The van der Waals surface area contributed by atoms with Gasteiger partial charge in [-0.2, -0.15) is 0 Å². The molecule has 2 aromatic rings. The highest BCUT2D eigenvalue weighted by Gasteiger charge is 2.40. The predicted molar refractivity (Wildman–Crippen MR) is 77.5 cm³/mol. The normalized spacial score (nSPS) is 21.7. The lowest BCUT2D eigenvalue weighted by Crippen LogP contribution is -2.25. The molecule has 0 saturated heterocycles. The van der Waals surface area contributed by atoms with Gasteiger partial charge in [0.05, 0.1) is 16.2 Å². The average molecular weight is 309 g/mol. The summed E-state index contributed by atoms with van der Waals surface area (Å²) in [5.41, 5.74) is 1.58. The van der Waals surface area contributed by atoms with Crippen LogP contribution in [-0.4, -0.2) is 18.8 Å². The van der Waals surface area contributed by atoms with Gasteiger partial charge in [-0.05, 0) is 35.7 Å². The zero-order valence-corrected chi connectivity index (χ0v) is 12.1. The first-order valence-electron chi connectivity index (χ1n) is 6.25. The van der Waals surface area contributed by atoms with Gasteiger partial charge in [0.25, 0.3) is 0 Å². The maximum atomic E-state index is 12.6. The summed E-state index contributed by atoms with van der Waals surface area (Å²) >= 11 is 5.86. The summed E-state index contributed by atoms with van der Waals surface area (Å²) in [5.74, 6) is 0. The fourth-order valence-corrected chi connectivity index (χ4v) is 4.68. The van der Waals surface area contributed by atoms with E-state index < -0.39 is 21.2 Å². The smallest absolute Gasteiger partial charge is 0.184 e. The first-order chi connectivity index (χ1) is 9.50. The maximum Gasteiger partial charge on any atom is 0.184 e. The van der Waals surface area contributed by atoms with Crippen molar-refractivity contribution >= 4 is 21.4 Å². The number of benzene rings is 2. The largest absolute Gasteiger partial charge is 0.387 e. The third kappa shape index (κ3) is 2.14. The molecule has 1 N–H and O–H groups in total. The third-order valence-corrected chi connectivity index (χ3v) is 6.04. The van der Waals surface area contributed by atoms with E-state index >= 15 is 0 Å². The zero-order chi connectivity index (χ0) is 14.3. The molecule has 0 spiro atoms. The second kappa shape index (κ2) is 4.88. The summed E-state index contributed by atoms with van der Waals surface area (Å²) in [6.07, 6.45) is -0.665. The summed E-state index contributed by atoms with van der Waals surface area (Å²) in [4.78, 5) is 0.154. The Balaban J connectivity index is 2.03. The Labute approximate surface area is 122 Å². The highest BCUT2D eigenvalue weighted by molar-refractivity contribution is 7.92. The Morgan fingerprint density at radius 3 is 2.55 bits per heavy atom. The molecule has 0 amide bonds. The molecular weight excluding hydrogens is 296 g/mol. The van der Waals surface area contributed by atoms with Gasteiger partial charge < -0.3 is 5.11 Å². The van der Waals surface area contributed by atoms with Crippen molar-refractivity contribution in [1.29, 1.82) is 0 Å². The van der Waals surface area contributed by atoms with Crippen LogP contribution in [0, 0.1) is 0 Å². The van der Waals surface area contributed by atoms with E-state index in [9.17, 15) is 13.5 Å². The highest BCUT2D eigenvalue weighted by atomic mass is 35.5. The van der Waals surface area contributed by atoms with Gasteiger partial charge in [0.15, 0.2) is 9.84 Å². The summed E-state index contributed by atoms with van der Waals surface area (Å²) < 4.78 is 25.3. The number of hydrogen-bond donors (Lipinski definition) is 1. The van der Waals surface area contributed by atoms with E-state index in [2.05, 4.69) is 0 Å². The van der Waals surface area contributed by atoms with E-state index in [1.807, 2.05) is 12.1 Å². The van der Waals surface area contributed by atoms with Gasteiger partial charge in [0.2, 0.25) is 0 Å². The fourth-order valence-electron chi connectivity index (χ4n) is 2.64. The van der Waals surface area contributed by atoms with E-state index in [0.29, 0.717) is 17.0 Å². The first-order valence-corrected chi connectivity index (χ1v) is 8.18. The van der Waals surface area contributed by atoms with Crippen LogP contribution in [0.25, 0.3) is 0 Å². The van der Waals surface area contributed by atoms with Crippen LogP contribution < -0.4 is 0 Å². The summed E-state index contributed by atoms with van der Waals surface area (Å²) in [6.45, 7) is 0. The van der Waals surface area contributed by atoms with Crippen molar-refractivity contribution in [2.45, 2.75) is 22.7 Å². The van der Waals surface area contributed by atoms with Crippen LogP contribution >= 0.6 is 11.6 Å². The number of halogens is 1. The lowest BCUT2D eigenvalue weighted by atomic mass is 10.1. The van der Waals surface area contributed by atoms with Gasteiger partial charge in [-0.25, -0.2) is 8.42 Å². The number of fused-ring (bicyclic) bond motifs is 1. The van der Waals surface area contributed by atoms with E-state index in [1.54, 1.807) is 24.3 Å². The summed E-state index contributed by atoms with van der Waals surface area (Å²) in [5, 5.41) is 9.82. The van der Waals surface area contributed by atoms with Crippen LogP contribution in [0.3, 0.4) is 0 Å². The van der Waals surface area contributed by atoms with Crippen LogP contribution in [0.4, 0.5) is 0 Å². The van der Waals surface area contributed by atoms with Crippen LogP contribution in [0.1, 0.15) is 17.2 Å². The van der Waals surface area contributed by atoms with Crippen molar-refractivity contribution < 1.29 is 13.5 Å². The highest BCUT2D eigenvalue weighted by Crippen LogP contribution is 2.38. The topological polar surface area (TPSA) is 54.4 Å². The number of aliphatic hydroxyl groups excluding tert-OH is 1. The molecule has 2 atom stereocenters. The fraction of sp³-hybridized carbons (Fsp3) is 0.200. The number of hydrogen-bond acceptors (Lipinski definition) is 3. The third-order valence-electron chi connectivity index (χ3n) is 3.67. The maximum absolute atomic E-state index is 12.6. The van der Waals surface area contributed by atoms with E-state index in [-0.39, 0.29) is 4.90 Å². The van der Waals surface area contributed by atoms with Gasteiger partial charge in [-0.3, -0.25) is 0 Å². The Hall–Kier alpha value is -1.36. The molecule has 0 heterocycles. The molecule has 0 radical (unpaired) electrons. The van der Waals surface area contributed by atoms with Crippen LogP contribution in [0.5, 0.6) is 0 Å². The average Bonchev–Trinajstić information content (AvgIpc) is 2.77. The molecule has 104 valence electrons. The van der Waals surface area contributed by atoms with Crippen LogP contribution in [0.2, 0.25) is 5.02 Å². The molecule has 5 heteroatoms. The van der Waals surface area contributed by atoms with E-state index in [0.717, 1.165) is 5.56 Å². The second-order valence-electron chi connectivity index (χ2n) is 4.89. The molecule has 2 aromatic carbocycles. The predicted octanol–water partition coefficient (Wildman–Crippen LogP) is 2.77. The Morgan fingerprint density at radius 1 is 1.10 bits per heavy atom. The molecule has 0 saturated carbocycles. The molecule has 0 aliphatic heterocycles. The van der Waals surface area contributed by atoms with Crippen molar-refractivity contribution in [3.8, 4) is 0 Å². The molecule has 0 bridgehead atoms. The molecule has 2 unspecified atom stereocenters. The Kier molecular flexibility index (Phi) is 3.32. The minimum absolute atomic E-state index is 0.154.